The number of rotatable bonds is 3. The van der Waals surface area contributed by atoms with Gasteiger partial charge in [0.05, 0.1) is 12.4 Å². The molecule has 1 aliphatic heterocycles. The summed E-state index contributed by atoms with van der Waals surface area (Å²) < 4.78 is 43.0. The van der Waals surface area contributed by atoms with Gasteiger partial charge < -0.3 is 9.51 Å². The van der Waals surface area contributed by atoms with E-state index in [-0.39, 0.29) is 5.92 Å². The predicted molar refractivity (Wildman–Crippen MR) is 72.1 cm³/mol. The normalized spacial score (nSPS) is 20.5. The number of halogens is 3. The largest absolute Gasteiger partial charge is 0.432 e. The first-order valence-electron chi connectivity index (χ1n) is 7.18. The summed E-state index contributed by atoms with van der Waals surface area (Å²) in [5, 5.41) is 3.75. The molecule has 0 radical (unpaired) electrons. The second-order valence-electron chi connectivity index (χ2n) is 5.66. The number of likely N-dealkylation sites (tertiary alicyclic amines) is 1. The van der Waals surface area contributed by atoms with Crippen molar-refractivity contribution in [3.63, 3.8) is 0 Å². The van der Waals surface area contributed by atoms with Gasteiger partial charge in [0.2, 0.25) is 0 Å². The van der Waals surface area contributed by atoms with Crippen LogP contribution < -0.4 is 0 Å². The van der Waals surface area contributed by atoms with Crippen molar-refractivity contribution in [3.8, 4) is 0 Å². The zero-order chi connectivity index (χ0) is 15.7. The number of aromatic nitrogens is 3. The van der Waals surface area contributed by atoms with Crippen LogP contribution >= 0.6 is 0 Å². The van der Waals surface area contributed by atoms with Gasteiger partial charge in [-0.25, -0.2) is 4.98 Å². The van der Waals surface area contributed by atoms with Gasteiger partial charge in [-0.3, -0.25) is 4.90 Å². The molecule has 1 unspecified atom stereocenters. The minimum Gasteiger partial charge on any atom is -0.361 e. The van der Waals surface area contributed by atoms with Gasteiger partial charge in [0.1, 0.15) is 17.3 Å². The molecule has 120 valence electrons. The highest BCUT2D eigenvalue weighted by atomic mass is 19.4. The second-order valence-corrected chi connectivity index (χ2v) is 5.66. The van der Waals surface area contributed by atoms with Gasteiger partial charge in [0, 0.05) is 24.6 Å². The minimum absolute atomic E-state index is 0.00924. The van der Waals surface area contributed by atoms with Crippen LogP contribution in [0.5, 0.6) is 0 Å². The number of hydrogen-bond acceptors (Lipinski definition) is 4. The van der Waals surface area contributed by atoms with Gasteiger partial charge in [0.25, 0.3) is 0 Å². The van der Waals surface area contributed by atoms with Gasteiger partial charge in [-0.1, -0.05) is 5.16 Å². The third kappa shape index (κ3) is 3.16. The second kappa shape index (κ2) is 5.75. The summed E-state index contributed by atoms with van der Waals surface area (Å²) in [5.74, 6) is 1.18. The van der Waals surface area contributed by atoms with Crippen LogP contribution in [0.3, 0.4) is 0 Å². The van der Waals surface area contributed by atoms with Crippen LogP contribution in [0.25, 0.3) is 0 Å². The van der Waals surface area contributed by atoms with Crippen LogP contribution in [0.2, 0.25) is 0 Å². The molecule has 3 heterocycles. The summed E-state index contributed by atoms with van der Waals surface area (Å²) in [7, 11) is 0. The molecule has 5 nitrogen and oxygen atoms in total. The molecule has 0 amide bonds. The van der Waals surface area contributed by atoms with Crippen molar-refractivity contribution in [2.75, 3.05) is 13.1 Å². The Morgan fingerprint density at radius 2 is 2.23 bits per heavy atom. The number of aryl methyl sites for hydroxylation is 1. The molecule has 8 heteroatoms. The van der Waals surface area contributed by atoms with Gasteiger partial charge in [-0.15, -0.1) is 0 Å². The number of alkyl halides is 3. The fourth-order valence-corrected chi connectivity index (χ4v) is 2.82. The van der Waals surface area contributed by atoms with Crippen LogP contribution in [-0.4, -0.2) is 33.1 Å². The highest BCUT2D eigenvalue weighted by Crippen LogP contribution is 2.31. The third-order valence-electron chi connectivity index (χ3n) is 4.04. The fourth-order valence-electron chi connectivity index (χ4n) is 2.82. The fraction of sp³-hybridized carbons (Fsp3) is 0.571. The zero-order valence-corrected chi connectivity index (χ0v) is 12.2. The van der Waals surface area contributed by atoms with Crippen molar-refractivity contribution in [1.29, 1.82) is 0 Å². The van der Waals surface area contributed by atoms with Crippen molar-refractivity contribution in [3.05, 3.63) is 35.2 Å². The molecule has 1 fully saturated rings. The van der Waals surface area contributed by atoms with Crippen LogP contribution in [0.15, 0.2) is 16.9 Å². The Kier molecular flexibility index (Phi) is 3.94. The van der Waals surface area contributed by atoms with E-state index in [2.05, 4.69) is 20.0 Å². The average molecular weight is 314 g/mol. The summed E-state index contributed by atoms with van der Waals surface area (Å²) in [6, 6.07) is 0. The number of piperidine rings is 1. The maximum Gasteiger partial charge on any atom is 0.432 e. The number of hydrogen-bond donors (Lipinski definition) is 1. The number of imidazole rings is 1. The lowest BCUT2D eigenvalue weighted by Gasteiger charge is -2.31. The summed E-state index contributed by atoms with van der Waals surface area (Å²) in [4.78, 5) is 8.54. The van der Waals surface area contributed by atoms with Crippen molar-refractivity contribution in [1.82, 2.24) is 20.0 Å². The smallest absolute Gasteiger partial charge is 0.361 e. The molecule has 0 saturated carbocycles. The Balaban J connectivity index is 1.68. The van der Waals surface area contributed by atoms with Gasteiger partial charge in [-0.2, -0.15) is 13.2 Å². The molecule has 2 aromatic rings. The molecule has 3 rings (SSSR count). The quantitative estimate of drug-likeness (QED) is 0.946. The first-order chi connectivity index (χ1) is 10.4. The standard InChI is InChI=1S/C14H17F3N4O/c1-9-11(5-19-22-9)8-21-4-2-3-10(7-21)13-18-6-12(20-13)14(15,16)17/h5-6,10H,2-4,7-8H2,1H3,(H,18,20). The first kappa shape index (κ1) is 15.1. The molecule has 1 aliphatic rings. The lowest BCUT2D eigenvalue weighted by molar-refractivity contribution is -0.141. The van der Waals surface area contributed by atoms with E-state index in [0.717, 1.165) is 36.9 Å². The average Bonchev–Trinajstić information content (AvgIpc) is 3.09. The molecular weight excluding hydrogens is 297 g/mol. The molecule has 1 saturated heterocycles. The van der Waals surface area contributed by atoms with E-state index >= 15 is 0 Å². The SMILES string of the molecule is Cc1oncc1CN1CCCC(c2ncc(C(F)(F)F)[nH]2)C1. The van der Waals surface area contributed by atoms with Crippen LogP contribution in [0.4, 0.5) is 13.2 Å². The molecule has 2 aromatic heterocycles. The maximum atomic E-state index is 12.6. The monoisotopic (exact) mass is 314 g/mol. The van der Waals surface area contributed by atoms with Crippen LogP contribution in [-0.2, 0) is 12.7 Å². The number of H-pyrrole nitrogens is 1. The van der Waals surface area contributed by atoms with E-state index in [0.29, 0.717) is 18.9 Å². The summed E-state index contributed by atoms with van der Waals surface area (Å²) in [5.41, 5.74) is 0.227. The lowest BCUT2D eigenvalue weighted by atomic mass is 9.97. The molecule has 0 bridgehead atoms. The highest BCUT2D eigenvalue weighted by molar-refractivity contribution is 5.13. The van der Waals surface area contributed by atoms with Crippen LogP contribution in [0, 0.1) is 6.92 Å². The minimum atomic E-state index is -4.38. The van der Waals surface area contributed by atoms with E-state index in [1.54, 1.807) is 6.20 Å². The van der Waals surface area contributed by atoms with Gasteiger partial charge >= 0.3 is 6.18 Å². The molecule has 0 spiro atoms. The third-order valence-corrected chi connectivity index (χ3v) is 4.04. The Labute approximate surface area is 125 Å². The Hall–Kier alpha value is -1.83. The molecule has 1 N–H and O–H groups in total. The van der Waals surface area contributed by atoms with Crippen molar-refractivity contribution < 1.29 is 17.7 Å². The van der Waals surface area contributed by atoms with E-state index < -0.39 is 11.9 Å². The number of aromatic amines is 1. The summed E-state index contributed by atoms with van der Waals surface area (Å²) in [6.07, 6.45) is -0.0494. The Bertz CT molecular complexity index is 634. The zero-order valence-electron chi connectivity index (χ0n) is 12.2. The predicted octanol–water partition coefficient (Wildman–Crippen LogP) is 3.10. The van der Waals surface area contributed by atoms with E-state index in [1.165, 1.54) is 0 Å². The van der Waals surface area contributed by atoms with Crippen molar-refractivity contribution in [2.45, 2.75) is 38.4 Å². The topological polar surface area (TPSA) is 58.0 Å². The lowest BCUT2D eigenvalue weighted by Crippen LogP contribution is -2.34. The number of nitrogens with one attached hydrogen (secondary N) is 1. The highest BCUT2D eigenvalue weighted by Gasteiger charge is 2.34. The Morgan fingerprint density at radius 1 is 1.41 bits per heavy atom. The first-order valence-corrected chi connectivity index (χ1v) is 7.18. The Morgan fingerprint density at radius 3 is 2.86 bits per heavy atom. The van der Waals surface area contributed by atoms with E-state index in [9.17, 15) is 13.2 Å². The van der Waals surface area contributed by atoms with E-state index in [1.807, 2.05) is 6.92 Å². The van der Waals surface area contributed by atoms with Gasteiger partial charge in [-0.05, 0) is 26.3 Å². The molecule has 22 heavy (non-hydrogen) atoms. The van der Waals surface area contributed by atoms with Crippen molar-refractivity contribution in [2.24, 2.45) is 0 Å². The molecule has 0 aliphatic carbocycles. The molecular formula is C14H17F3N4O. The van der Waals surface area contributed by atoms with E-state index in [4.69, 9.17) is 4.52 Å². The summed E-state index contributed by atoms with van der Waals surface area (Å²) in [6.45, 7) is 4.13. The van der Waals surface area contributed by atoms with Crippen molar-refractivity contribution >= 4 is 0 Å². The number of nitrogens with zero attached hydrogens (tertiary/aromatic N) is 3. The molecule has 1 atom stereocenters. The molecule has 0 aromatic carbocycles. The van der Waals surface area contributed by atoms with Crippen LogP contribution in [0.1, 0.15) is 41.6 Å². The van der Waals surface area contributed by atoms with Gasteiger partial charge in [0.15, 0.2) is 0 Å². The summed E-state index contributed by atoms with van der Waals surface area (Å²) >= 11 is 0. The maximum absolute atomic E-state index is 12.6.